The Balaban J connectivity index is 0.000000215. The maximum Gasteiger partial charge on any atom is 0.417 e. The molecule has 2 unspecified atom stereocenters. The molecule has 1 amide bonds. The minimum absolute atomic E-state index is 0.296. The molecule has 0 radical (unpaired) electrons. The van der Waals surface area contributed by atoms with Crippen LogP contribution in [0.5, 0.6) is 5.75 Å². The van der Waals surface area contributed by atoms with Gasteiger partial charge in [0.25, 0.3) is 0 Å². The number of nitrogens with two attached hydrogens (primary N) is 1. The van der Waals surface area contributed by atoms with Crippen LogP contribution in [0.4, 0.5) is 16.2 Å². The summed E-state index contributed by atoms with van der Waals surface area (Å²) < 4.78 is 16.4. The number of nitrogens with one attached hydrogen (secondary N) is 1. The van der Waals surface area contributed by atoms with E-state index in [0.29, 0.717) is 35.2 Å². The van der Waals surface area contributed by atoms with Gasteiger partial charge < -0.3 is 19.9 Å². The van der Waals surface area contributed by atoms with Gasteiger partial charge in [-0.2, -0.15) is 0 Å². The molecule has 3 aromatic rings. The number of carbonyl (C=O) groups is 1. The van der Waals surface area contributed by atoms with Crippen molar-refractivity contribution in [3.8, 4) is 5.75 Å². The van der Waals surface area contributed by atoms with Crippen LogP contribution >= 0.6 is 23.2 Å². The molecule has 10 heteroatoms. The van der Waals surface area contributed by atoms with E-state index in [9.17, 15) is 4.79 Å². The molecule has 0 bridgehead atoms. The predicted molar refractivity (Wildman–Crippen MR) is 175 cm³/mol. The molecule has 3 N–H and O–H groups in total. The van der Waals surface area contributed by atoms with Gasteiger partial charge in [-0.1, -0.05) is 41.4 Å². The summed E-state index contributed by atoms with van der Waals surface area (Å²) in [6, 6.07) is 17.2. The van der Waals surface area contributed by atoms with Gasteiger partial charge in [0, 0.05) is 46.6 Å². The van der Waals surface area contributed by atoms with E-state index in [1.165, 1.54) is 5.56 Å². The highest BCUT2D eigenvalue weighted by molar-refractivity contribution is 6.32. The largest absolute Gasteiger partial charge is 0.417 e. The van der Waals surface area contributed by atoms with E-state index in [-0.39, 0.29) is 0 Å². The first kappa shape index (κ1) is 33.1. The second-order valence-corrected chi connectivity index (χ2v) is 12.0. The quantitative estimate of drug-likeness (QED) is 0.313. The summed E-state index contributed by atoms with van der Waals surface area (Å²) in [5.74, 6) is 0.490. The second kappa shape index (κ2) is 15.7. The SMILES string of the molecule is Cc1c(Cl)cc(N)cc1CC1COCCN1C.Cc1c(Cl)cc(NC(=O)Oc2ccccc2)cc1CC1COCCN1C. The Morgan fingerprint density at radius 1 is 0.884 bits per heavy atom. The fourth-order valence-corrected chi connectivity index (χ4v) is 5.63. The van der Waals surface area contributed by atoms with Crippen molar-refractivity contribution >= 4 is 40.7 Å². The summed E-state index contributed by atoms with van der Waals surface area (Å²) in [4.78, 5) is 16.8. The molecular formula is C33H42Cl2N4O4. The summed E-state index contributed by atoms with van der Waals surface area (Å²) in [7, 11) is 4.24. The lowest BCUT2D eigenvalue weighted by Gasteiger charge is -2.33. The number of nitrogen functional groups attached to an aromatic ring is 1. The van der Waals surface area contributed by atoms with Crippen LogP contribution in [-0.4, -0.2) is 81.6 Å². The highest BCUT2D eigenvalue weighted by Crippen LogP contribution is 2.28. The number of halogens is 2. The van der Waals surface area contributed by atoms with Crippen LogP contribution in [-0.2, 0) is 22.3 Å². The van der Waals surface area contributed by atoms with Crippen molar-refractivity contribution in [1.82, 2.24) is 9.80 Å². The van der Waals surface area contributed by atoms with Gasteiger partial charge in [0.1, 0.15) is 5.75 Å². The average molecular weight is 630 g/mol. The van der Waals surface area contributed by atoms with Crippen molar-refractivity contribution in [2.24, 2.45) is 0 Å². The van der Waals surface area contributed by atoms with Gasteiger partial charge in [0.15, 0.2) is 0 Å². The molecule has 2 heterocycles. The van der Waals surface area contributed by atoms with Crippen molar-refractivity contribution in [3.05, 3.63) is 86.9 Å². The standard InChI is InChI=1S/C20H23ClN2O3.C13H19ClN2O/c1-14-15(11-17-13-25-9-8-23(17)2)10-16(12-19(14)21)22-20(24)26-18-6-4-3-5-7-18;1-9-10(5-11(15)7-13(9)14)6-12-8-17-4-3-16(12)2/h3-7,10,12,17H,8-9,11,13H2,1-2H3,(H,22,24);5,7,12H,3-4,6,8,15H2,1-2H3. The third-order valence-corrected chi connectivity index (χ3v) is 8.87. The maximum absolute atomic E-state index is 12.1. The van der Waals surface area contributed by atoms with Gasteiger partial charge in [-0.15, -0.1) is 0 Å². The lowest BCUT2D eigenvalue weighted by Crippen LogP contribution is -2.44. The summed E-state index contributed by atoms with van der Waals surface area (Å²) >= 11 is 12.5. The number of benzene rings is 3. The highest BCUT2D eigenvalue weighted by atomic mass is 35.5. The number of anilines is 2. The van der Waals surface area contributed by atoms with Crippen LogP contribution in [0.1, 0.15) is 22.3 Å². The Bertz CT molecular complexity index is 1370. The molecule has 3 aromatic carbocycles. The number of morpholine rings is 2. The van der Waals surface area contributed by atoms with E-state index < -0.39 is 6.09 Å². The zero-order valence-electron chi connectivity index (χ0n) is 25.4. The average Bonchev–Trinajstić information content (AvgIpc) is 2.97. The number of rotatable bonds is 6. The van der Waals surface area contributed by atoms with Gasteiger partial charge in [0.2, 0.25) is 0 Å². The molecule has 0 aromatic heterocycles. The first-order valence-corrected chi connectivity index (χ1v) is 15.3. The van der Waals surface area contributed by atoms with E-state index in [1.54, 1.807) is 18.2 Å². The van der Waals surface area contributed by atoms with Crippen LogP contribution in [0.15, 0.2) is 54.6 Å². The highest BCUT2D eigenvalue weighted by Gasteiger charge is 2.22. The molecule has 232 valence electrons. The minimum atomic E-state index is -0.541. The second-order valence-electron chi connectivity index (χ2n) is 11.2. The molecule has 2 aliphatic rings. The number of amides is 1. The van der Waals surface area contributed by atoms with Crippen LogP contribution in [0.3, 0.4) is 0 Å². The molecule has 2 fully saturated rings. The maximum atomic E-state index is 12.1. The Labute approximate surface area is 265 Å². The van der Waals surface area contributed by atoms with Gasteiger partial charge in [0.05, 0.1) is 26.4 Å². The zero-order valence-corrected chi connectivity index (χ0v) is 26.9. The number of hydrogen-bond donors (Lipinski definition) is 2. The predicted octanol–water partition coefficient (Wildman–Crippen LogP) is 6.24. The number of ether oxygens (including phenoxy) is 3. The van der Waals surface area contributed by atoms with E-state index in [1.807, 2.05) is 50.2 Å². The third-order valence-electron chi connectivity index (χ3n) is 8.08. The lowest BCUT2D eigenvalue weighted by molar-refractivity contribution is 0.00617. The number of para-hydroxylation sites is 1. The third kappa shape index (κ3) is 9.57. The van der Waals surface area contributed by atoms with E-state index in [4.69, 9.17) is 43.1 Å². The smallest absolute Gasteiger partial charge is 0.410 e. The Kier molecular flexibility index (Phi) is 12.1. The summed E-state index contributed by atoms with van der Waals surface area (Å²) in [6.07, 6.45) is 1.21. The molecule has 2 saturated heterocycles. The first-order chi connectivity index (χ1) is 20.6. The Morgan fingerprint density at radius 3 is 1.98 bits per heavy atom. The van der Waals surface area contributed by atoms with Gasteiger partial charge in [-0.3, -0.25) is 15.1 Å². The summed E-state index contributed by atoms with van der Waals surface area (Å²) in [5, 5.41) is 4.13. The monoisotopic (exact) mass is 628 g/mol. The first-order valence-electron chi connectivity index (χ1n) is 14.5. The fraction of sp³-hybridized carbons (Fsp3) is 0.424. The number of carbonyl (C=O) groups excluding carboxylic acids is 1. The van der Waals surface area contributed by atoms with Crippen molar-refractivity contribution in [3.63, 3.8) is 0 Å². The summed E-state index contributed by atoms with van der Waals surface area (Å²) in [6.45, 7) is 9.00. The fourth-order valence-electron chi connectivity index (χ4n) is 5.14. The number of nitrogens with zero attached hydrogens (tertiary/aromatic N) is 2. The molecule has 2 aliphatic heterocycles. The topological polar surface area (TPSA) is 89.3 Å². The van der Waals surface area contributed by atoms with Gasteiger partial charge >= 0.3 is 6.09 Å². The molecule has 0 spiro atoms. The molecule has 43 heavy (non-hydrogen) atoms. The van der Waals surface area contributed by atoms with Gasteiger partial charge in [-0.25, -0.2) is 4.79 Å². The van der Waals surface area contributed by atoms with Crippen molar-refractivity contribution in [2.75, 3.05) is 64.7 Å². The van der Waals surface area contributed by atoms with Crippen molar-refractivity contribution < 1.29 is 19.0 Å². The molecular weight excluding hydrogens is 587 g/mol. The number of hydrogen-bond acceptors (Lipinski definition) is 7. The molecule has 2 atom stereocenters. The van der Waals surface area contributed by atoms with E-state index >= 15 is 0 Å². The van der Waals surface area contributed by atoms with Crippen LogP contribution in [0.2, 0.25) is 10.0 Å². The number of likely N-dealkylation sites (N-methyl/N-ethyl adjacent to an activating group) is 2. The molecule has 5 rings (SSSR count). The summed E-state index contributed by atoms with van der Waals surface area (Å²) in [5.41, 5.74) is 11.6. The van der Waals surface area contributed by atoms with E-state index in [0.717, 1.165) is 73.2 Å². The Hall–Kier alpha value is -2.85. The van der Waals surface area contributed by atoms with E-state index in [2.05, 4.69) is 29.2 Å². The lowest BCUT2D eigenvalue weighted by atomic mass is 9.99. The Morgan fingerprint density at radius 2 is 1.42 bits per heavy atom. The molecule has 0 saturated carbocycles. The van der Waals surface area contributed by atoms with Crippen molar-refractivity contribution in [1.29, 1.82) is 0 Å². The van der Waals surface area contributed by atoms with Crippen LogP contribution in [0.25, 0.3) is 0 Å². The normalized spacial score (nSPS) is 19.3. The zero-order chi connectivity index (χ0) is 30.9. The van der Waals surface area contributed by atoms with Crippen LogP contribution in [0, 0.1) is 13.8 Å². The van der Waals surface area contributed by atoms with Gasteiger partial charge in [-0.05, 0) is 99.4 Å². The minimum Gasteiger partial charge on any atom is -0.410 e. The molecule has 0 aliphatic carbocycles. The molecule has 8 nitrogen and oxygen atoms in total. The van der Waals surface area contributed by atoms with Crippen LogP contribution < -0.4 is 15.8 Å². The van der Waals surface area contributed by atoms with Crippen molar-refractivity contribution in [2.45, 2.75) is 38.8 Å².